The number of fused-ring (bicyclic) bond motifs is 1. The number of benzene rings is 2. The SMILES string of the molecule is [2H]C1=NC([2H])N(Cc2cccc(CN3CCN(c4ccccn4)CC3)c2)c2ccccc21. The molecule has 3 heterocycles. The molecule has 0 radical (unpaired) electrons. The molecule has 0 bridgehead atoms. The summed E-state index contributed by atoms with van der Waals surface area (Å²) in [5.41, 5.74) is 4.14. The van der Waals surface area contributed by atoms with Gasteiger partial charge < -0.3 is 9.80 Å². The van der Waals surface area contributed by atoms with Crippen LogP contribution in [0.4, 0.5) is 11.5 Å². The molecule has 2 aliphatic rings. The lowest BCUT2D eigenvalue weighted by atomic mass is 10.1. The first-order valence-electron chi connectivity index (χ1n) is 11.5. The van der Waals surface area contributed by atoms with E-state index >= 15 is 0 Å². The Bertz CT molecular complexity index is 1100. The third-order valence-electron chi connectivity index (χ3n) is 5.69. The Kier molecular flexibility index (Phi) is 4.80. The molecule has 1 fully saturated rings. The number of nitrogens with zero attached hydrogens (tertiary/aromatic N) is 5. The number of pyridine rings is 1. The predicted molar refractivity (Wildman–Crippen MR) is 123 cm³/mol. The highest BCUT2D eigenvalue weighted by Crippen LogP contribution is 2.24. The predicted octanol–water partition coefficient (Wildman–Crippen LogP) is 3.80. The van der Waals surface area contributed by atoms with Gasteiger partial charge in [-0.2, -0.15) is 0 Å². The zero-order chi connectivity index (χ0) is 21.9. The van der Waals surface area contributed by atoms with Gasteiger partial charge in [-0.1, -0.05) is 48.5 Å². The first-order chi connectivity index (χ1) is 15.7. The van der Waals surface area contributed by atoms with Gasteiger partial charge in [0.25, 0.3) is 0 Å². The Labute approximate surface area is 181 Å². The lowest BCUT2D eigenvalue weighted by Crippen LogP contribution is -2.46. The van der Waals surface area contributed by atoms with E-state index in [2.05, 4.69) is 50.1 Å². The van der Waals surface area contributed by atoms with Gasteiger partial charge in [0.1, 0.15) is 12.5 Å². The van der Waals surface area contributed by atoms with Crippen molar-refractivity contribution in [1.29, 1.82) is 0 Å². The molecule has 2 aromatic carbocycles. The first-order valence-corrected chi connectivity index (χ1v) is 10.5. The van der Waals surface area contributed by atoms with Crippen LogP contribution in [0.5, 0.6) is 0 Å². The van der Waals surface area contributed by atoms with Crippen LogP contribution in [0.25, 0.3) is 0 Å². The van der Waals surface area contributed by atoms with Crippen LogP contribution in [-0.4, -0.2) is 48.9 Å². The molecule has 1 unspecified atom stereocenters. The summed E-state index contributed by atoms with van der Waals surface area (Å²) in [6.07, 6.45) is 2.04. The summed E-state index contributed by atoms with van der Waals surface area (Å²) < 4.78 is 16.5. The minimum absolute atomic E-state index is 0.190. The molecule has 5 rings (SSSR count). The van der Waals surface area contributed by atoms with Crippen LogP contribution in [0.1, 0.15) is 19.4 Å². The fourth-order valence-corrected chi connectivity index (χ4v) is 4.13. The normalized spacial score (nSPS) is 20.3. The van der Waals surface area contributed by atoms with Gasteiger partial charge in [-0.3, -0.25) is 9.89 Å². The maximum absolute atomic E-state index is 8.39. The first kappa shape index (κ1) is 16.6. The molecule has 1 saturated heterocycles. The average Bonchev–Trinajstić information content (AvgIpc) is 2.83. The molecule has 1 aromatic heterocycles. The lowest BCUT2D eigenvalue weighted by Gasteiger charge is -2.35. The van der Waals surface area contributed by atoms with Gasteiger partial charge in [0.2, 0.25) is 0 Å². The second kappa shape index (κ2) is 8.67. The van der Waals surface area contributed by atoms with E-state index in [0.717, 1.165) is 55.4 Å². The van der Waals surface area contributed by atoms with Crippen LogP contribution in [0.2, 0.25) is 0 Å². The van der Waals surface area contributed by atoms with Crippen LogP contribution in [0.3, 0.4) is 0 Å². The number of hydrogen-bond acceptors (Lipinski definition) is 5. The smallest absolute Gasteiger partial charge is 0.128 e. The number of anilines is 2. The fraction of sp³-hybridized carbons (Fsp3) is 0.280. The number of para-hydroxylation sites is 1. The van der Waals surface area contributed by atoms with Crippen LogP contribution in [0, 0.1) is 0 Å². The average molecular weight is 400 g/mol. The van der Waals surface area contributed by atoms with Gasteiger partial charge in [-0.05, 0) is 29.3 Å². The van der Waals surface area contributed by atoms with Crippen LogP contribution < -0.4 is 9.80 Å². The molecule has 0 spiro atoms. The monoisotopic (exact) mass is 399 g/mol. The summed E-state index contributed by atoms with van der Waals surface area (Å²) in [5, 5.41) is 0. The molecule has 5 nitrogen and oxygen atoms in total. The van der Waals surface area contributed by atoms with Gasteiger partial charge in [0.15, 0.2) is 0 Å². The summed E-state index contributed by atoms with van der Waals surface area (Å²) in [6.45, 7) is 4.71. The molecule has 2 aliphatic heterocycles. The minimum Gasteiger partial charge on any atom is -0.354 e. The Hall–Kier alpha value is -3.18. The topological polar surface area (TPSA) is 35.0 Å². The summed E-state index contributed by atoms with van der Waals surface area (Å²) in [6, 6.07) is 22.4. The van der Waals surface area contributed by atoms with Gasteiger partial charge in [0.05, 0.1) is 2.74 Å². The van der Waals surface area contributed by atoms with E-state index in [9.17, 15) is 0 Å². The van der Waals surface area contributed by atoms with E-state index in [4.69, 9.17) is 2.74 Å². The Morgan fingerprint density at radius 2 is 1.67 bits per heavy atom. The number of hydrogen-bond donors (Lipinski definition) is 0. The molecule has 0 N–H and O–H groups in total. The van der Waals surface area contributed by atoms with Crippen molar-refractivity contribution in [1.82, 2.24) is 9.88 Å². The van der Waals surface area contributed by atoms with E-state index in [1.54, 1.807) is 0 Å². The number of piperazine rings is 1. The molecule has 0 saturated carbocycles. The van der Waals surface area contributed by atoms with Gasteiger partial charge >= 0.3 is 0 Å². The molecule has 3 aromatic rings. The maximum Gasteiger partial charge on any atom is 0.128 e. The van der Waals surface area contributed by atoms with Crippen molar-refractivity contribution in [2.75, 3.05) is 42.6 Å². The van der Waals surface area contributed by atoms with Crippen molar-refractivity contribution in [2.24, 2.45) is 4.99 Å². The van der Waals surface area contributed by atoms with Crippen molar-refractivity contribution in [3.63, 3.8) is 0 Å². The number of rotatable bonds is 5. The fourth-order valence-electron chi connectivity index (χ4n) is 4.13. The minimum atomic E-state index is -0.791. The number of aromatic nitrogens is 1. The van der Waals surface area contributed by atoms with E-state index < -0.39 is 6.64 Å². The summed E-state index contributed by atoms with van der Waals surface area (Å²) in [7, 11) is 0. The van der Waals surface area contributed by atoms with Crippen molar-refractivity contribution in [3.05, 3.63) is 89.6 Å². The highest BCUT2D eigenvalue weighted by atomic mass is 15.3. The van der Waals surface area contributed by atoms with Crippen molar-refractivity contribution >= 4 is 17.7 Å². The molecule has 1 atom stereocenters. The van der Waals surface area contributed by atoms with E-state index in [0.29, 0.717) is 6.54 Å². The third kappa shape index (κ3) is 4.21. The molecule has 5 heteroatoms. The van der Waals surface area contributed by atoms with Crippen LogP contribution >= 0.6 is 0 Å². The molecule has 0 amide bonds. The van der Waals surface area contributed by atoms with Crippen molar-refractivity contribution in [2.45, 2.75) is 13.1 Å². The molecule has 152 valence electrons. The summed E-state index contributed by atoms with van der Waals surface area (Å²) >= 11 is 0. The lowest BCUT2D eigenvalue weighted by molar-refractivity contribution is 0.249. The Balaban J connectivity index is 1.24. The van der Waals surface area contributed by atoms with Crippen LogP contribution in [-0.2, 0) is 13.1 Å². The van der Waals surface area contributed by atoms with Gasteiger partial charge in [0, 0.05) is 62.9 Å². The standard InChI is InChI=1S/C25H27N5/c1-2-9-24-23(8-1)17-26-20-30(24)19-22-7-5-6-21(16-22)18-28-12-14-29(15-13-28)25-10-3-4-11-27-25/h1-11,16-17H,12-15,18-20H2/i17D,20D. The molecule has 0 aliphatic carbocycles. The maximum atomic E-state index is 8.39. The van der Waals surface area contributed by atoms with E-state index in [1.165, 1.54) is 5.56 Å². The second-order valence-corrected chi connectivity index (χ2v) is 7.77. The highest BCUT2D eigenvalue weighted by molar-refractivity contribution is 5.89. The Morgan fingerprint density at radius 1 is 0.867 bits per heavy atom. The molecular weight excluding hydrogens is 370 g/mol. The zero-order valence-corrected chi connectivity index (χ0v) is 17.0. The zero-order valence-electron chi connectivity index (χ0n) is 19.0. The van der Waals surface area contributed by atoms with Gasteiger partial charge in [-0.25, -0.2) is 4.98 Å². The second-order valence-electron chi connectivity index (χ2n) is 7.77. The van der Waals surface area contributed by atoms with E-state index in [1.807, 2.05) is 47.5 Å². The van der Waals surface area contributed by atoms with Gasteiger partial charge in [-0.15, -0.1) is 0 Å². The molecular formula is C25H27N5. The summed E-state index contributed by atoms with van der Waals surface area (Å²) in [5.74, 6) is 1.06. The Morgan fingerprint density at radius 3 is 2.50 bits per heavy atom. The van der Waals surface area contributed by atoms with Crippen LogP contribution in [0.15, 0.2) is 77.9 Å². The highest BCUT2D eigenvalue weighted by Gasteiger charge is 2.18. The quantitative estimate of drug-likeness (QED) is 0.654. The van der Waals surface area contributed by atoms with E-state index in [-0.39, 0.29) is 6.19 Å². The van der Waals surface area contributed by atoms with Crippen molar-refractivity contribution < 1.29 is 2.74 Å². The largest absolute Gasteiger partial charge is 0.354 e. The van der Waals surface area contributed by atoms with Crippen molar-refractivity contribution in [3.8, 4) is 0 Å². The number of aliphatic imine (C=N–C) groups is 1. The summed E-state index contributed by atoms with van der Waals surface area (Å²) in [4.78, 5) is 15.5. The molecule has 30 heavy (non-hydrogen) atoms. The third-order valence-corrected chi connectivity index (χ3v) is 5.69.